The number of hydrogen-bond acceptors (Lipinski definition) is 8. The van der Waals surface area contributed by atoms with Gasteiger partial charge in [-0.3, -0.25) is 29.3 Å². The Kier molecular flexibility index (Phi) is 6.68. The molecule has 1 saturated heterocycles. The molecule has 1 spiro atoms. The normalized spacial score (nSPS) is 16.7. The van der Waals surface area contributed by atoms with Gasteiger partial charge in [0.2, 0.25) is 11.8 Å². The average molecular weight is 552 g/mol. The maximum Gasteiger partial charge on any atom is 0.267 e. The van der Waals surface area contributed by atoms with Crippen LogP contribution in [0.3, 0.4) is 0 Å². The number of rotatable bonds is 6. The first-order chi connectivity index (χ1) is 19.8. The summed E-state index contributed by atoms with van der Waals surface area (Å²) < 4.78 is 0. The Hall–Kier alpha value is -4.74. The summed E-state index contributed by atoms with van der Waals surface area (Å²) in [5.74, 6) is -1.00. The van der Waals surface area contributed by atoms with Gasteiger partial charge in [0.05, 0.1) is 36.1 Å². The molecule has 11 nitrogen and oxygen atoms in total. The number of fused-ring (bicyclic) bond motifs is 3. The molecule has 2 aliphatic heterocycles. The van der Waals surface area contributed by atoms with Crippen LogP contribution in [0.2, 0.25) is 0 Å². The number of carbonyl (C=O) groups is 3. The van der Waals surface area contributed by atoms with Crippen molar-refractivity contribution in [1.82, 2.24) is 19.9 Å². The number of benzene rings is 1. The van der Waals surface area contributed by atoms with Gasteiger partial charge in [-0.2, -0.15) is 0 Å². The highest BCUT2D eigenvalue weighted by Crippen LogP contribution is 2.48. The van der Waals surface area contributed by atoms with Crippen LogP contribution in [0, 0.1) is 0 Å². The van der Waals surface area contributed by atoms with Crippen molar-refractivity contribution < 1.29 is 19.5 Å². The monoisotopic (exact) mass is 551 g/mol. The van der Waals surface area contributed by atoms with Crippen molar-refractivity contribution in [3.63, 3.8) is 0 Å². The van der Waals surface area contributed by atoms with Crippen LogP contribution >= 0.6 is 0 Å². The molecule has 0 bridgehead atoms. The SMILES string of the molecule is NC(=O)c1ccc(-c2c(CN3C(=O)C4(CCN(C(=O)C(N)CO)CC4)c4ccncc43)ncc3ccccc23)cn1. The molecule has 1 atom stereocenters. The Morgan fingerprint density at radius 3 is 2.51 bits per heavy atom. The molecule has 11 heteroatoms. The molecule has 208 valence electrons. The van der Waals surface area contributed by atoms with E-state index in [1.54, 1.807) is 46.7 Å². The van der Waals surface area contributed by atoms with Crippen LogP contribution in [0.1, 0.15) is 34.6 Å². The van der Waals surface area contributed by atoms with Gasteiger partial charge in [-0.15, -0.1) is 0 Å². The smallest absolute Gasteiger partial charge is 0.267 e. The molecular formula is C30H29N7O4. The number of nitrogens with two attached hydrogens (primary N) is 2. The minimum Gasteiger partial charge on any atom is -0.394 e. The Morgan fingerprint density at radius 1 is 1.02 bits per heavy atom. The summed E-state index contributed by atoms with van der Waals surface area (Å²) in [5, 5.41) is 11.2. The minimum absolute atomic E-state index is 0.0674. The molecular weight excluding hydrogens is 522 g/mol. The molecule has 1 aromatic carbocycles. The first-order valence-electron chi connectivity index (χ1n) is 13.4. The van der Waals surface area contributed by atoms with Crippen LogP contribution in [0.15, 0.2) is 67.3 Å². The fourth-order valence-corrected chi connectivity index (χ4v) is 6.03. The number of likely N-dealkylation sites (tertiary alicyclic amines) is 1. The summed E-state index contributed by atoms with van der Waals surface area (Å²) in [7, 11) is 0. The number of nitrogens with zero attached hydrogens (tertiary/aromatic N) is 5. The molecule has 41 heavy (non-hydrogen) atoms. The van der Waals surface area contributed by atoms with Crippen molar-refractivity contribution in [2.45, 2.75) is 30.8 Å². The summed E-state index contributed by atoms with van der Waals surface area (Å²) in [6.45, 7) is 0.467. The van der Waals surface area contributed by atoms with E-state index in [0.717, 1.165) is 27.5 Å². The quantitative estimate of drug-likeness (QED) is 0.324. The number of amides is 3. The van der Waals surface area contributed by atoms with Gasteiger partial charge >= 0.3 is 0 Å². The van der Waals surface area contributed by atoms with Gasteiger partial charge in [0.15, 0.2) is 0 Å². The minimum atomic E-state index is -0.972. The van der Waals surface area contributed by atoms with Crippen molar-refractivity contribution in [3.8, 4) is 11.1 Å². The van der Waals surface area contributed by atoms with Crippen LogP contribution in [-0.4, -0.2) is 68.4 Å². The molecule has 4 aromatic rings. The van der Waals surface area contributed by atoms with E-state index in [1.165, 1.54) is 0 Å². The number of primary amides is 1. The molecule has 0 radical (unpaired) electrons. The first-order valence-corrected chi connectivity index (χ1v) is 13.4. The second kappa shape index (κ2) is 10.3. The average Bonchev–Trinajstić information content (AvgIpc) is 3.23. The summed E-state index contributed by atoms with van der Waals surface area (Å²) in [4.78, 5) is 55.2. The molecule has 3 amide bonds. The van der Waals surface area contributed by atoms with Gasteiger partial charge in [0, 0.05) is 48.2 Å². The van der Waals surface area contributed by atoms with E-state index < -0.39 is 24.0 Å². The third-order valence-electron chi connectivity index (χ3n) is 8.19. The summed E-state index contributed by atoms with van der Waals surface area (Å²) >= 11 is 0. The molecule has 1 fully saturated rings. The molecule has 0 aliphatic carbocycles. The number of aliphatic hydroxyl groups excluding tert-OH is 1. The maximum atomic E-state index is 14.3. The Balaban J connectivity index is 1.38. The summed E-state index contributed by atoms with van der Waals surface area (Å²) in [6, 6.07) is 12.1. The number of pyridine rings is 3. The highest BCUT2D eigenvalue weighted by molar-refractivity contribution is 6.08. The van der Waals surface area contributed by atoms with Gasteiger partial charge in [-0.1, -0.05) is 30.3 Å². The van der Waals surface area contributed by atoms with Gasteiger partial charge in [-0.05, 0) is 35.9 Å². The molecule has 0 saturated carbocycles. The van der Waals surface area contributed by atoms with Gasteiger partial charge in [0.1, 0.15) is 11.7 Å². The highest BCUT2D eigenvalue weighted by atomic mass is 16.3. The zero-order chi connectivity index (χ0) is 28.7. The second-order valence-corrected chi connectivity index (χ2v) is 10.4. The number of carbonyl (C=O) groups excluding carboxylic acids is 3. The lowest BCUT2D eigenvalue weighted by Gasteiger charge is -2.39. The van der Waals surface area contributed by atoms with E-state index >= 15 is 0 Å². The third-order valence-corrected chi connectivity index (χ3v) is 8.19. The summed E-state index contributed by atoms with van der Waals surface area (Å²) in [5.41, 5.74) is 14.3. The number of aliphatic hydroxyl groups is 1. The van der Waals surface area contributed by atoms with Crippen LogP contribution in [0.25, 0.3) is 21.9 Å². The van der Waals surface area contributed by atoms with Crippen molar-refractivity contribution >= 4 is 34.2 Å². The van der Waals surface area contributed by atoms with E-state index in [0.29, 0.717) is 37.3 Å². The number of piperidine rings is 1. The molecule has 5 heterocycles. The standard InChI is InChI=1S/C30H29N7O4/c31-22(17-38)28(40)36-11-8-30(9-12-36)21-7-10-33-15-25(21)37(29(30)41)16-24-26(19-5-6-23(27(32)39)34-14-19)20-4-2-1-3-18(20)13-35-24/h1-7,10,13-15,22,38H,8-9,11-12,16-17,31H2,(H2,32,39). The van der Waals surface area contributed by atoms with E-state index in [1.807, 2.05) is 30.3 Å². The highest BCUT2D eigenvalue weighted by Gasteiger charge is 2.52. The van der Waals surface area contributed by atoms with E-state index in [4.69, 9.17) is 16.5 Å². The molecule has 3 aromatic heterocycles. The Bertz CT molecular complexity index is 1670. The third kappa shape index (κ3) is 4.39. The lowest BCUT2D eigenvalue weighted by atomic mass is 9.74. The van der Waals surface area contributed by atoms with E-state index in [-0.39, 0.29) is 24.1 Å². The predicted molar refractivity (Wildman–Crippen MR) is 151 cm³/mol. The van der Waals surface area contributed by atoms with Crippen molar-refractivity contribution in [2.24, 2.45) is 11.5 Å². The topological polar surface area (TPSA) is 169 Å². The van der Waals surface area contributed by atoms with Crippen LogP contribution in [0.5, 0.6) is 0 Å². The predicted octanol–water partition coefficient (Wildman–Crippen LogP) is 1.52. The van der Waals surface area contributed by atoms with Gasteiger partial charge < -0.3 is 26.4 Å². The zero-order valence-electron chi connectivity index (χ0n) is 22.2. The molecule has 2 aliphatic rings. The van der Waals surface area contributed by atoms with Crippen LogP contribution in [0.4, 0.5) is 5.69 Å². The van der Waals surface area contributed by atoms with Gasteiger partial charge in [0.25, 0.3) is 5.91 Å². The van der Waals surface area contributed by atoms with E-state index in [9.17, 15) is 19.5 Å². The molecule has 1 unspecified atom stereocenters. The number of aromatic nitrogens is 3. The van der Waals surface area contributed by atoms with E-state index in [2.05, 4.69) is 9.97 Å². The lowest BCUT2D eigenvalue weighted by molar-refractivity contribution is -0.137. The van der Waals surface area contributed by atoms with Crippen molar-refractivity contribution in [2.75, 3.05) is 24.6 Å². The Labute approximate surface area is 235 Å². The van der Waals surface area contributed by atoms with Crippen molar-refractivity contribution in [3.05, 3.63) is 84.2 Å². The van der Waals surface area contributed by atoms with Gasteiger partial charge in [-0.25, -0.2) is 0 Å². The summed E-state index contributed by atoms with van der Waals surface area (Å²) in [6.07, 6.45) is 7.63. The second-order valence-electron chi connectivity index (χ2n) is 10.4. The van der Waals surface area contributed by atoms with Crippen molar-refractivity contribution in [1.29, 1.82) is 0 Å². The van der Waals surface area contributed by atoms with Crippen LogP contribution in [-0.2, 0) is 21.5 Å². The first kappa shape index (κ1) is 26.5. The maximum absolute atomic E-state index is 14.3. The lowest BCUT2D eigenvalue weighted by Crippen LogP contribution is -2.53. The largest absolute Gasteiger partial charge is 0.394 e. The zero-order valence-corrected chi connectivity index (χ0v) is 22.2. The number of anilines is 1. The fourth-order valence-electron chi connectivity index (χ4n) is 6.03. The Morgan fingerprint density at radius 2 is 1.80 bits per heavy atom. The fraction of sp³-hybridized carbons (Fsp3) is 0.267. The number of hydrogen-bond donors (Lipinski definition) is 3. The molecule has 6 rings (SSSR count). The van der Waals surface area contributed by atoms with Crippen LogP contribution < -0.4 is 16.4 Å². The molecule has 5 N–H and O–H groups in total.